The number of H-pyrrole nitrogens is 1. The Hall–Kier alpha value is -4.19. The van der Waals surface area contributed by atoms with Crippen LogP contribution in [-0.4, -0.2) is 34.6 Å². The van der Waals surface area contributed by atoms with Crippen molar-refractivity contribution in [3.8, 4) is 23.0 Å². The van der Waals surface area contributed by atoms with E-state index < -0.39 is 0 Å². The SMILES string of the molecule is C=CCc1cc(/C=C/c2cc(/C=C/c3cc(CC=C)c(O)c(OC)c3)[nH]n2)cc(OC)c1O. The zero-order valence-electron chi connectivity index (χ0n) is 18.8. The Kier molecular flexibility index (Phi) is 7.76. The molecule has 1 aromatic heterocycles. The van der Waals surface area contributed by atoms with Gasteiger partial charge in [-0.15, -0.1) is 13.2 Å². The maximum Gasteiger partial charge on any atom is 0.161 e. The molecule has 0 unspecified atom stereocenters. The molecule has 6 nitrogen and oxygen atoms in total. The lowest BCUT2D eigenvalue weighted by atomic mass is 10.0. The molecule has 0 radical (unpaired) electrons. The van der Waals surface area contributed by atoms with E-state index in [1.54, 1.807) is 24.3 Å². The van der Waals surface area contributed by atoms with Crippen molar-refractivity contribution in [2.45, 2.75) is 12.8 Å². The molecule has 6 heteroatoms. The summed E-state index contributed by atoms with van der Waals surface area (Å²) < 4.78 is 10.5. The van der Waals surface area contributed by atoms with E-state index in [1.807, 2.05) is 42.5 Å². The number of benzene rings is 2. The van der Waals surface area contributed by atoms with Crippen LogP contribution in [0.5, 0.6) is 23.0 Å². The first-order valence-corrected chi connectivity index (χ1v) is 10.4. The average molecular weight is 445 g/mol. The van der Waals surface area contributed by atoms with E-state index in [-0.39, 0.29) is 11.5 Å². The highest BCUT2D eigenvalue weighted by molar-refractivity contribution is 5.74. The van der Waals surface area contributed by atoms with Gasteiger partial charge in [-0.1, -0.05) is 24.3 Å². The summed E-state index contributed by atoms with van der Waals surface area (Å²) in [7, 11) is 3.05. The van der Waals surface area contributed by atoms with Crippen LogP contribution in [0, 0.1) is 0 Å². The molecule has 0 bridgehead atoms. The molecule has 0 saturated carbocycles. The Morgan fingerprint density at radius 1 is 0.788 bits per heavy atom. The van der Waals surface area contributed by atoms with Crippen molar-refractivity contribution in [2.24, 2.45) is 0 Å². The lowest BCUT2D eigenvalue weighted by Crippen LogP contribution is -1.90. The van der Waals surface area contributed by atoms with Crippen molar-refractivity contribution in [2.75, 3.05) is 14.2 Å². The van der Waals surface area contributed by atoms with E-state index in [2.05, 4.69) is 23.4 Å². The molecule has 0 aliphatic carbocycles. The van der Waals surface area contributed by atoms with Gasteiger partial charge in [0.05, 0.1) is 25.6 Å². The van der Waals surface area contributed by atoms with Gasteiger partial charge in [-0.25, -0.2) is 0 Å². The highest BCUT2D eigenvalue weighted by Gasteiger charge is 2.10. The topological polar surface area (TPSA) is 87.6 Å². The number of aromatic nitrogens is 2. The van der Waals surface area contributed by atoms with Crippen molar-refractivity contribution in [3.05, 3.63) is 89.3 Å². The molecule has 2 aromatic carbocycles. The van der Waals surface area contributed by atoms with Gasteiger partial charge in [-0.2, -0.15) is 5.10 Å². The van der Waals surface area contributed by atoms with E-state index in [4.69, 9.17) is 9.47 Å². The van der Waals surface area contributed by atoms with Crippen molar-refractivity contribution in [3.63, 3.8) is 0 Å². The second-order valence-electron chi connectivity index (χ2n) is 7.36. The molecule has 0 aliphatic heterocycles. The van der Waals surface area contributed by atoms with Gasteiger partial charge in [0.15, 0.2) is 23.0 Å². The van der Waals surface area contributed by atoms with Crippen LogP contribution < -0.4 is 9.47 Å². The molecule has 0 spiro atoms. The van der Waals surface area contributed by atoms with Crippen LogP contribution in [0.15, 0.2) is 55.6 Å². The number of hydrogen-bond donors (Lipinski definition) is 3. The molecule has 3 N–H and O–H groups in total. The number of phenols is 2. The molecule has 3 rings (SSSR count). The number of nitrogens with zero attached hydrogens (tertiary/aromatic N) is 1. The number of aromatic amines is 1. The Morgan fingerprint density at radius 2 is 1.30 bits per heavy atom. The minimum absolute atomic E-state index is 0.129. The molecule has 0 fully saturated rings. The molecule has 170 valence electrons. The number of allylic oxidation sites excluding steroid dienone is 2. The second kappa shape index (κ2) is 10.9. The third kappa shape index (κ3) is 5.74. The van der Waals surface area contributed by atoms with Crippen LogP contribution >= 0.6 is 0 Å². The zero-order valence-corrected chi connectivity index (χ0v) is 18.8. The van der Waals surface area contributed by atoms with Crippen LogP contribution in [0.25, 0.3) is 24.3 Å². The van der Waals surface area contributed by atoms with Crippen LogP contribution in [0.3, 0.4) is 0 Å². The van der Waals surface area contributed by atoms with E-state index in [0.29, 0.717) is 24.3 Å². The molecular formula is C27H28N2O4. The molecule has 0 aliphatic rings. The van der Waals surface area contributed by atoms with Crippen molar-refractivity contribution >= 4 is 24.3 Å². The highest BCUT2D eigenvalue weighted by Crippen LogP contribution is 2.33. The molecule has 33 heavy (non-hydrogen) atoms. The summed E-state index contributed by atoms with van der Waals surface area (Å²) in [6.45, 7) is 7.46. The summed E-state index contributed by atoms with van der Waals surface area (Å²) >= 11 is 0. The number of hydrogen-bond acceptors (Lipinski definition) is 5. The van der Waals surface area contributed by atoms with Gasteiger partial charge >= 0.3 is 0 Å². The summed E-state index contributed by atoms with van der Waals surface area (Å²) in [5, 5.41) is 27.8. The quantitative estimate of drug-likeness (QED) is 0.353. The van der Waals surface area contributed by atoms with Gasteiger partial charge in [0.1, 0.15) is 0 Å². The first-order chi connectivity index (χ1) is 16.0. The second-order valence-corrected chi connectivity index (χ2v) is 7.36. The third-order valence-corrected chi connectivity index (χ3v) is 5.04. The van der Waals surface area contributed by atoms with Crippen LogP contribution in [0.4, 0.5) is 0 Å². The first kappa shape index (κ1) is 23.5. The molecule has 0 saturated heterocycles. The molecule has 0 atom stereocenters. The van der Waals surface area contributed by atoms with Gasteiger partial charge in [0.2, 0.25) is 0 Å². The standard InChI is InChI=1S/C27H28N2O4/c1-5-7-20-13-18(15-24(32-3)26(20)30)9-11-22-17-23(29-28-22)12-10-19-14-21(8-6-2)27(31)25(16-19)33-4/h5-6,9-17,30-31H,1-2,7-8H2,3-4H3,(H,28,29)/b11-9+,12-10+. The fourth-order valence-electron chi connectivity index (χ4n) is 3.40. The lowest BCUT2D eigenvalue weighted by molar-refractivity contribution is 0.371. The largest absolute Gasteiger partial charge is 0.504 e. The summed E-state index contributed by atoms with van der Waals surface area (Å²) in [5.41, 5.74) is 4.84. The van der Waals surface area contributed by atoms with Gasteiger partial charge < -0.3 is 19.7 Å². The summed E-state index contributed by atoms with van der Waals surface area (Å²) in [5.74, 6) is 1.09. The summed E-state index contributed by atoms with van der Waals surface area (Å²) in [6, 6.07) is 9.24. The van der Waals surface area contributed by atoms with Crippen molar-refractivity contribution < 1.29 is 19.7 Å². The average Bonchev–Trinajstić information content (AvgIpc) is 3.28. The monoisotopic (exact) mass is 444 g/mol. The number of nitrogens with one attached hydrogen (secondary N) is 1. The minimum atomic E-state index is 0.129. The predicted octanol–water partition coefficient (Wildman–Crippen LogP) is 5.64. The van der Waals surface area contributed by atoms with Gasteiger partial charge in [-0.3, -0.25) is 5.10 Å². The Morgan fingerprint density at radius 3 is 1.79 bits per heavy atom. The summed E-state index contributed by atoms with van der Waals surface area (Å²) in [6.07, 6.45) is 12.2. The smallest absolute Gasteiger partial charge is 0.161 e. The normalized spacial score (nSPS) is 11.2. The Bertz CT molecular complexity index is 1110. The fourth-order valence-corrected chi connectivity index (χ4v) is 3.40. The zero-order chi connectivity index (χ0) is 23.8. The minimum Gasteiger partial charge on any atom is -0.504 e. The number of aromatic hydroxyl groups is 2. The number of methoxy groups -OCH3 is 2. The predicted molar refractivity (Wildman–Crippen MR) is 134 cm³/mol. The number of ether oxygens (including phenoxy) is 2. The van der Waals surface area contributed by atoms with E-state index in [1.165, 1.54) is 14.2 Å². The van der Waals surface area contributed by atoms with Crippen LogP contribution in [-0.2, 0) is 12.8 Å². The Balaban J connectivity index is 1.80. The molecular weight excluding hydrogens is 416 g/mol. The fraction of sp³-hybridized carbons (Fsp3) is 0.148. The third-order valence-electron chi connectivity index (χ3n) is 5.04. The molecule has 3 aromatic rings. The first-order valence-electron chi connectivity index (χ1n) is 10.4. The molecule has 0 amide bonds. The lowest BCUT2D eigenvalue weighted by Gasteiger charge is -2.09. The maximum absolute atomic E-state index is 10.2. The van der Waals surface area contributed by atoms with Gasteiger partial charge in [-0.05, 0) is 66.5 Å². The van der Waals surface area contributed by atoms with Crippen LogP contribution in [0.2, 0.25) is 0 Å². The van der Waals surface area contributed by atoms with E-state index >= 15 is 0 Å². The highest BCUT2D eigenvalue weighted by atomic mass is 16.5. The Labute approximate surface area is 193 Å². The number of phenolic OH excluding ortho intramolecular Hbond substituents is 2. The van der Waals surface area contributed by atoms with Crippen molar-refractivity contribution in [1.29, 1.82) is 0 Å². The van der Waals surface area contributed by atoms with Crippen molar-refractivity contribution in [1.82, 2.24) is 10.2 Å². The van der Waals surface area contributed by atoms with Gasteiger partial charge in [0.25, 0.3) is 0 Å². The summed E-state index contributed by atoms with van der Waals surface area (Å²) in [4.78, 5) is 0. The maximum atomic E-state index is 10.2. The van der Waals surface area contributed by atoms with E-state index in [0.717, 1.165) is 33.6 Å². The molecule has 1 heterocycles. The van der Waals surface area contributed by atoms with Gasteiger partial charge in [0, 0.05) is 11.1 Å². The van der Waals surface area contributed by atoms with Crippen LogP contribution in [0.1, 0.15) is 33.6 Å². The number of rotatable bonds is 10. The van der Waals surface area contributed by atoms with E-state index in [9.17, 15) is 10.2 Å².